The van der Waals surface area contributed by atoms with Crippen LogP contribution in [-0.2, 0) is 6.42 Å². The van der Waals surface area contributed by atoms with Crippen LogP contribution in [0.1, 0.15) is 5.56 Å². The monoisotopic (exact) mass is 223 g/mol. The van der Waals surface area contributed by atoms with E-state index < -0.39 is 6.10 Å². The number of hydrogen-bond acceptors (Lipinski definition) is 2. The summed E-state index contributed by atoms with van der Waals surface area (Å²) in [5.41, 5.74) is 1.11. The first-order valence-corrected chi connectivity index (χ1v) is 5.54. The van der Waals surface area contributed by atoms with Crippen molar-refractivity contribution in [1.82, 2.24) is 0 Å². The Hall–Kier alpha value is -2.27. The molecular weight excluding hydrogens is 210 g/mol. The van der Waals surface area contributed by atoms with Crippen molar-refractivity contribution in [2.75, 3.05) is 0 Å². The lowest BCUT2D eigenvalue weighted by molar-refractivity contribution is 0.256. The molecule has 17 heavy (non-hydrogen) atoms. The highest BCUT2D eigenvalue weighted by atomic mass is 16.5. The second kappa shape index (κ2) is 5.72. The topological polar surface area (TPSA) is 33.0 Å². The Kier molecular flexibility index (Phi) is 3.77. The van der Waals surface area contributed by atoms with Crippen LogP contribution in [0.4, 0.5) is 0 Å². The summed E-state index contributed by atoms with van der Waals surface area (Å²) in [6, 6.07) is 21.5. The number of benzene rings is 2. The van der Waals surface area contributed by atoms with Gasteiger partial charge < -0.3 is 4.74 Å². The van der Waals surface area contributed by atoms with Crippen LogP contribution in [0.15, 0.2) is 60.7 Å². The smallest absolute Gasteiger partial charge is 0.188 e. The second-order valence-corrected chi connectivity index (χ2v) is 3.74. The van der Waals surface area contributed by atoms with Gasteiger partial charge in [0.1, 0.15) is 11.8 Å². The van der Waals surface area contributed by atoms with Crippen LogP contribution in [0.3, 0.4) is 0 Å². The van der Waals surface area contributed by atoms with E-state index in [1.54, 1.807) is 0 Å². The van der Waals surface area contributed by atoms with Crippen molar-refractivity contribution < 1.29 is 4.74 Å². The largest absolute Gasteiger partial charge is 0.475 e. The lowest BCUT2D eigenvalue weighted by Crippen LogP contribution is -2.17. The zero-order valence-corrected chi connectivity index (χ0v) is 9.41. The molecule has 0 radical (unpaired) electrons. The van der Waals surface area contributed by atoms with Gasteiger partial charge >= 0.3 is 0 Å². The molecule has 2 rings (SSSR count). The van der Waals surface area contributed by atoms with E-state index in [1.165, 1.54) is 0 Å². The van der Waals surface area contributed by atoms with Gasteiger partial charge in [-0.2, -0.15) is 5.26 Å². The third kappa shape index (κ3) is 3.35. The first-order valence-electron chi connectivity index (χ1n) is 5.54. The molecule has 0 bridgehead atoms. The van der Waals surface area contributed by atoms with Gasteiger partial charge in [-0.05, 0) is 17.7 Å². The molecule has 84 valence electrons. The van der Waals surface area contributed by atoms with Crippen LogP contribution in [0.25, 0.3) is 0 Å². The molecule has 1 atom stereocenters. The number of nitrogens with zero attached hydrogens (tertiary/aromatic N) is 1. The maximum absolute atomic E-state index is 9.07. The minimum atomic E-state index is -0.445. The number of rotatable bonds is 4. The SMILES string of the molecule is N#CC(Cc1ccccc1)Oc1ccccc1. The van der Waals surface area contributed by atoms with Crippen LogP contribution >= 0.6 is 0 Å². The lowest BCUT2D eigenvalue weighted by Gasteiger charge is -2.12. The summed E-state index contributed by atoms with van der Waals surface area (Å²) in [4.78, 5) is 0. The first kappa shape index (κ1) is 11.2. The quantitative estimate of drug-likeness (QED) is 0.797. The fraction of sp³-hybridized carbons (Fsp3) is 0.133. The van der Waals surface area contributed by atoms with Gasteiger partial charge in [0.15, 0.2) is 6.10 Å². The highest BCUT2D eigenvalue weighted by Gasteiger charge is 2.09. The summed E-state index contributed by atoms with van der Waals surface area (Å²) < 4.78 is 5.61. The molecule has 2 aromatic rings. The van der Waals surface area contributed by atoms with E-state index in [1.807, 2.05) is 60.7 Å². The predicted molar refractivity (Wildman–Crippen MR) is 66.6 cm³/mol. The number of ether oxygens (including phenoxy) is 1. The molecule has 1 unspecified atom stereocenters. The molecule has 0 fully saturated rings. The van der Waals surface area contributed by atoms with E-state index in [9.17, 15) is 0 Å². The average molecular weight is 223 g/mol. The minimum Gasteiger partial charge on any atom is -0.475 e. The highest BCUT2D eigenvalue weighted by Crippen LogP contribution is 2.13. The Balaban J connectivity index is 2.01. The molecular formula is C15H13NO. The van der Waals surface area contributed by atoms with E-state index in [-0.39, 0.29) is 0 Å². The van der Waals surface area contributed by atoms with E-state index in [2.05, 4.69) is 6.07 Å². The summed E-state index contributed by atoms with van der Waals surface area (Å²) in [5, 5.41) is 9.07. The van der Waals surface area contributed by atoms with E-state index in [0.717, 1.165) is 11.3 Å². The van der Waals surface area contributed by atoms with Gasteiger partial charge in [-0.25, -0.2) is 0 Å². The summed E-state index contributed by atoms with van der Waals surface area (Å²) in [6.45, 7) is 0. The Morgan fingerprint density at radius 1 is 0.941 bits per heavy atom. The van der Waals surface area contributed by atoms with Crippen LogP contribution in [0.2, 0.25) is 0 Å². The molecule has 2 heteroatoms. The maximum Gasteiger partial charge on any atom is 0.188 e. The maximum atomic E-state index is 9.07. The molecule has 0 aliphatic heterocycles. The average Bonchev–Trinajstić information content (AvgIpc) is 2.40. The number of nitriles is 1. The van der Waals surface area contributed by atoms with Gasteiger partial charge in [0.2, 0.25) is 0 Å². The molecule has 0 heterocycles. The van der Waals surface area contributed by atoms with Gasteiger partial charge in [0.05, 0.1) is 0 Å². The van der Waals surface area contributed by atoms with Crippen LogP contribution in [0, 0.1) is 11.3 Å². The van der Waals surface area contributed by atoms with Gasteiger partial charge in [-0.15, -0.1) is 0 Å². The minimum absolute atomic E-state index is 0.445. The molecule has 0 aliphatic carbocycles. The fourth-order valence-electron chi connectivity index (χ4n) is 1.61. The van der Waals surface area contributed by atoms with Crippen LogP contribution < -0.4 is 4.74 Å². The standard InChI is InChI=1S/C15H13NO/c16-12-15(11-13-7-3-1-4-8-13)17-14-9-5-2-6-10-14/h1-10,15H,11H2. The summed E-state index contributed by atoms with van der Waals surface area (Å²) in [6.07, 6.45) is 0.159. The van der Waals surface area contributed by atoms with E-state index in [0.29, 0.717) is 6.42 Å². The molecule has 0 aromatic heterocycles. The Labute approximate surface area is 101 Å². The van der Waals surface area contributed by atoms with Crippen molar-refractivity contribution in [2.24, 2.45) is 0 Å². The molecule has 0 spiro atoms. The van der Waals surface area contributed by atoms with Crippen molar-refractivity contribution in [1.29, 1.82) is 5.26 Å². The Morgan fingerprint density at radius 2 is 1.53 bits per heavy atom. The molecule has 2 nitrogen and oxygen atoms in total. The van der Waals surface area contributed by atoms with Gasteiger partial charge in [-0.3, -0.25) is 0 Å². The van der Waals surface area contributed by atoms with Crippen LogP contribution in [-0.4, -0.2) is 6.10 Å². The predicted octanol–water partition coefficient (Wildman–Crippen LogP) is 3.20. The fourth-order valence-corrected chi connectivity index (χ4v) is 1.61. The van der Waals surface area contributed by atoms with Crippen molar-refractivity contribution in [3.63, 3.8) is 0 Å². The Bertz CT molecular complexity index is 446. The van der Waals surface area contributed by atoms with Crippen molar-refractivity contribution in [2.45, 2.75) is 12.5 Å². The Morgan fingerprint density at radius 3 is 2.12 bits per heavy atom. The van der Waals surface area contributed by atoms with E-state index in [4.69, 9.17) is 10.00 Å². The van der Waals surface area contributed by atoms with Gasteiger partial charge in [-0.1, -0.05) is 48.5 Å². The number of hydrogen-bond donors (Lipinski definition) is 0. The van der Waals surface area contributed by atoms with Crippen molar-refractivity contribution in [3.05, 3.63) is 66.2 Å². The second-order valence-electron chi connectivity index (χ2n) is 3.74. The van der Waals surface area contributed by atoms with Gasteiger partial charge in [0.25, 0.3) is 0 Å². The molecule has 0 amide bonds. The number of para-hydroxylation sites is 1. The molecule has 0 saturated carbocycles. The molecule has 0 saturated heterocycles. The van der Waals surface area contributed by atoms with Gasteiger partial charge in [0, 0.05) is 6.42 Å². The molecule has 0 N–H and O–H groups in total. The zero-order chi connectivity index (χ0) is 11.9. The first-order chi connectivity index (χ1) is 8.38. The third-order valence-electron chi connectivity index (χ3n) is 2.43. The van der Waals surface area contributed by atoms with Crippen LogP contribution in [0.5, 0.6) is 5.75 Å². The van der Waals surface area contributed by atoms with E-state index >= 15 is 0 Å². The summed E-state index contributed by atoms with van der Waals surface area (Å²) in [7, 11) is 0. The zero-order valence-electron chi connectivity index (χ0n) is 9.41. The van der Waals surface area contributed by atoms with Crippen molar-refractivity contribution >= 4 is 0 Å². The summed E-state index contributed by atoms with van der Waals surface area (Å²) in [5.74, 6) is 0.731. The summed E-state index contributed by atoms with van der Waals surface area (Å²) >= 11 is 0. The molecule has 0 aliphatic rings. The third-order valence-corrected chi connectivity index (χ3v) is 2.43. The van der Waals surface area contributed by atoms with Crippen molar-refractivity contribution in [3.8, 4) is 11.8 Å². The normalized spacial score (nSPS) is 11.5. The highest BCUT2D eigenvalue weighted by molar-refractivity contribution is 5.23. The lowest BCUT2D eigenvalue weighted by atomic mass is 10.1. The molecule has 2 aromatic carbocycles.